The molecule has 31 heavy (non-hydrogen) atoms. The Labute approximate surface area is 186 Å². The van der Waals surface area contributed by atoms with Gasteiger partial charge < -0.3 is 10.2 Å². The molecule has 0 fully saturated rings. The number of hydrogen-bond acceptors (Lipinski definition) is 3. The number of fused-ring (bicyclic) bond motifs is 1. The fourth-order valence-corrected chi connectivity index (χ4v) is 4.40. The third-order valence-corrected chi connectivity index (χ3v) is 6.51. The van der Waals surface area contributed by atoms with Crippen molar-refractivity contribution in [1.29, 1.82) is 0 Å². The average Bonchev–Trinajstić information content (AvgIpc) is 2.98. The summed E-state index contributed by atoms with van der Waals surface area (Å²) < 4.78 is 25.8. The lowest BCUT2D eigenvalue weighted by Crippen LogP contribution is -2.35. The van der Waals surface area contributed by atoms with Crippen molar-refractivity contribution in [1.82, 2.24) is 10.2 Å². The zero-order valence-electron chi connectivity index (χ0n) is 18.7. The molecule has 1 aliphatic rings. The fraction of sp³-hybridized carbons (Fsp3) is 0.320. The molecule has 2 aromatic carbocycles. The molecule has 1 N–H and O–H groups in total. The van der Waals surface area contributed by atoms with Crippen molar-refractivity contribution in [2.24, 2.45) is 5.92 Å². The van der Waals surface area contributed by atoms with Crippen LogP contribution in [-0.2, 0) is 15.6 Å². The van der Waals surface area contributed by atoms with Gasteiger partial charge in [-0.05, 0) is 91.7 Å². The molecular weight excluding hydrogens is 411 g/mol. The molecule has 2 atom stereocenters. The maximum absolute atomic E-state index is 14.1. The minimum absolute atomic E-state index is 0.0672. The Balaban J connectivity index is 1.98. The number of carbonyl (C=O) groups is 1. The van der Waals surface area contributed by atoms with Crippen LogP contribution >= 0.6 is 0 Å². The van der Waals surface area contributed by atoms with Gasteiger partial charge in [0.05, 0.1) is 5.92 Å². The van der Waals surface area contributed by atoms with Crippen molar-refractivity contribution in [3.05, 3.63) is 70.5 Å². The van der Waals surface area contributed by atoms with Crippen molar-refractivity contribution in [3.8, 4) is 0 Å². The zero-order valence-corrected chi connectivity index (χ0v) is 19.5. The standard InChI is InChI=1S/C25H29FN2O2S/c1-16-22(14-18-6-9-20(10-7-18)31(5)30)21-11-8-19(26)15-23(21)24(16)17(2)25(29)27-12-13-28(3)4/h6-11,14-15,17H,12-13H2,1-5H3,(H,27,29)/b22-14-. The molecule has 0 saturated heterocycles. The summed E-state index contributed by atoms with van der Waals surface area (Å²) in [5.74, 6) is -0.791. The van der Waals surface area contributed by atoms with Crippen molar-refractivity contribution in [2.45, 2.75) is 18.7 Å². The molecule has 4 nitrogen and oxygen atoms in total. The van der Waals surface area contributed by atoms with E-state index in [1.54, 1.807) is 12.3 Å². The highest BCUT2D eigenvalue weighted by atomic mass is 32.2. The molecule has 0 heterocycles. The molecule has 3 rings (SSSR count). The topological polar surface area (TPSA) is 49.4 Å². The lowest BCUT2D eigenvalue weighted by Gasteiger charge is -2.17. The van der Waals surface area contributed by atoms with Crippen LogP contribution in [0.25, 0.3) is 17.2 Å². The number of halogens is 1. The van der Waals surface area contributed by atoms with Crippen LogP contribution in [0.2, 0.25) is 0 Å². The monoisotopic (exact) mass is 440 g/mol. The summed E-state index contributed by atoms with van der Waals surface area (Å²) in [6.07, 6.45) is 3.69. The van der Waals surface area contributed by atoms with Gasteiger partial charge in [-0.15, -0.1) is 0 Å². The van der Waals surface area contributed by atoms with Gasteiger partial charge in [0.15, 0.2) is 0 Å². The smallest absolute Gasteiger partial charge is 0.227 e. The van der Waals surface area contributed by atoms with Crippen LogP contribution in [0.3, 0.4) is 0 Å². The first-order valence-electron chi connectivity index (χ1n) is 10.3. The summed E-state index contributed by atoms with van der Waals surface area (Å²) in [6.45, 7) is 5.17. The van der Waals surface area contributed by atoms with Gasteiger partial charge in [0, 0.05) is 35.0 Å². The molecule has 2 unspecified atom stereocenters. The minimum atomic E-state index is -1.03. The van der Waals surface area contributed by atoms with Crippen LogP contribution in [0, 0.1) is 11.7 Å². The molecule has 0 aromatic heterocycles. The minimum Gasteiger partial charge on any atom is -0.354 e. The normalized spacial score (nSPS) is 16.5. The molecule has 1 aliphatic carbocycles. The van der Waals surface area contributed by atoms with Crippen molar-refractivity contribution < 1.29 is 13.4 Å². The lowest BCUT2D eigenvalue weighted by atomic mass is 9.93. The summed E-state index contributed by atoms with van der Waals surface area (Å²) in [4.78, 5) is 15.6. The lowest BCUT2D eigenvalue weighted by molar-refractivity contribution is -0.122. The van der Waals surface area contributed by atoms with E-state index in [1.807, 2.05) is 63.2 Å². The number of nitrogens with zero attached hydrogens (tertiary/aromatic N) is 1. The summed E-state index contributed by atoms with van der Waals surface area (Å²) in [7, 11) is 2.89. The van der Waals surface area contributed by atoms with Gasteiger partial charge in [0.25, 0.3) is 0 Å². The number of carbonyl (C=O) groups excluding carboxylic acids is 1. The van der Waals surface area contributed by atoms with Gasteiger partial charge in [0.1, 0.15) is 5.82 Å². The predicted octanol–water partition coefficient (Wildman–Crippen LogP) is 4.20. The number of allylic oxidation sites excluding steroid dienone is 2. The molecular formula is C25H29FN2O2S. The molecule has 0 saturated carbocycles. The maximum atomic E-state index is 14.1. The van der Waals surface area contributed by atoms with Gasteiger partial charge in [-0.25, -0.2) is 4.39 Å². The largest absolute Gasteiger partial charge is 0.354 e. The number of benzene rings is 2. The van der Waals surface area contributed by atoms with E-state index in [4.69, 9.17) is 0 Å². The van der Waals surface area contributed by atoms with Crippen LogP contribution in [-0.4, -0.2) is 48.5 Å². The van der Waals surface area contributed by atoms with Gasteiger partial charge in [-0.3, -0.25) is 9.00 Å². The predicted molar refractivity (Wildman–Crippen MR) is 126 cm³/mol. The van der Waals surface area contributed by atoms with Crippen molar-refractivity contribution in [2.75, 3.05) is 33.4 Å². The first-order chi connectivity index (χ1) is 14.7. The average molecular weight is 441 g/mol. The maximum Gasteiger partial charge on any atom is 0.227 e. The van der Waals surface area contributed by atoms with E-state index in [-0.39, 0.29) is 11.7 Å². The van der Waals surface area contributed by atoms with E-state index in [1.165, 1.54) is 12.1 Å². The zero-order chi connectivity index (χ0) is 22.7. The first kappa shape index (κ1) is 23.1. The van der Waals surface area contributed by atoms with Gasteiger partial charge in [-0.1, -0.05) is 18.2 Å². The van der Waals surface area contributed by atoms with E-state index in [9.17, 15) is 13.4 Å². The molecule has 2 aromatic rings. The number of amides is 1. The molecule has 1 amide bonds. The number of nitrogens with one attached hydrogen (secondary N) is 1. The number of likely N-dealkylation sites (N-methyl/N-ethyl adjacent to an activating group) is 1. The highest BCUT2D eigenvalue weighted by molar-refractivity contribution is 7.84. The Bertz CT molecular complexity index is 1070. The highest BCUT2D eigenvalue weighted by Gasteiger charge is 2.30. The third kappa shape index (κ3) is 5.20. The second-order valence-corrected chi connectivity index (χ2v) is 9.51. The van der Waals surface area contributed by atoms with Gasteiger partial charge in [-0.2, -0.15) is 0 Å². The van der Waals surface area contributed by atoms with Crippen molar-refractivity contribution in [3.63, 3.8) is 0 Å². The quantitative estimate of drug-likeness (QED) is 0.702. The molecule has 0 spiro atoms. The van der Waals surface area contributed by atoms with E-state index >= 15 is 0 Å². The summed E-state index contributed by atoms with van der Waals surface area (Å²) in [5, 5.41) is 2.98. The number of hydrogen-bond donors (Lipinski definition) is 1. The van der Waals surface area contributed by atoms with Crippen molar-refractivity contribution >= 4 is 33.9 Å². The van der Waals surface area contributed by atoms with Crippen LogP contribution in [0.5, 0.6) is 0 Å². The Morgan fingerprint density at radius 1 is 1.16 bits per heavy atom. The molecule has 0 bridgehead atoms. The van der Waals surface area contributed by atoms with Crippen LogP contribution in [0.1, 0.15) is 30.5 Å². The molecule has 0 radical (unpaired) electrons. The SMILES string of the molecule is CC1=C(C(C)C(=O)NCCN(C)C)c2cc(F)ccc2/C1=C\c1ccc(S(C)=O)cc1. The van der Waals surface area contributed by atoms with Crippen LogP contribution < -0.4 is 5.32 Å². The number of rotatable bonds is 7. The first-order valence-corrected chi connectivity index (χ1v) is 11.8. The highest BCUT2D eigenvalue weighted by Crippen LogP contribution is 2.45. The Hall–Kier alpha value is -2.57. The van der Waals surface area contributed by atoms with E-state index < -0.39 is 16.7 Å². The van der Waals surface area contributed by atoms with E-state index in [0.29, 0.717) is 6.54 Å². The Kier molecular flexibility index (Phi) is 7.23. The van der Waals surface area contributed by atoms with E-state index in [2.05, 4.69) is 5.32 Å². The fourth-order valence-electron chi connectivity index (χ4n) is 3.88. The van der Waals surface area contributed by atoms with Crippen LogP contribution in [0.4, 0.5) is 4.39 Å². The summed E-state index contributed by atoms with van der Waals surface area (Å²) in [5.41, 5.74) is 5.45. The summed E-state index contributed by atoms with van der Waals surface area (Å²) in [6, 6.07) is 12.3. The Morgan fingerprint density at radius 2 is 1.84 bits per heavy atom. The molecule has 6 heteroatoms. The molecule has 164 valence electrons. The second-order valence-electron chi connectivity index (χ2n) is 8.13. The second kappa shape index (κ2) is 9.71. The van der Waals surface area contributed by atoms with Gasteiger partial charge in [0.2, 0.25) is 5.91 Å². The van der Waals surface area contributed by atoms with E-state index in [0.717, 1.165) is 44.8 Å². The summed E-state index contributed by atoms with van der Waals surface area (Å²) >= 11 is 0. The van der Waals surface area contributed by atoms with Crippen LogP contribution in [0.15, 0.2) is 52.9 Å². The third-order valence-electron chi connectivity index (χ3n) is 5.58. The Morgan fingerprint density at radius 3 is 2.45 bits per heavy atom. The molecule has 0 aliphatic heterocycles. The van der Waals surface area contributed by atoms with Gasteiger partial charge >= 0.3 is 0 Å².